The number of hydrogen-bond donors (Lipinski definition) is 0. The molecule has 0 fully saturated rings. The molecule has 34 heavy (non-hydrogen) atoms. The van der Waals surface area contributed by atoms with Crippen LogP contribution in [0.25, 0.3) is 6.08 Å². The van der Waals surface area contributed by atoms with E-state index in [0.29, 0.717) is 28.4 Å². The second-order valence-electron chi connectivity index (χ2n) is 7.44. The van der Waals surface area contributed by atoms with E-state index in [4.69, 9.17) is 21.1 Å². The van der Waals surface area contributed by atoms with Gasteiger partial charge in [-0.25, -0.2) is 14.2 Å². The molecule has 0 spiro atoms. The van der Waals surface area contributed by atoms with Crippen molar-refractivity contribution in [1.82, 2.24) is 4.57 Å². The topological polar surface area (TPSA) is 69.9 Å². The standard InChI is InChI=1S/C25H22ClFN2O4S/c1-4-32-16-11-9-15(10-12-16)22-21(24(31)33-5-2)14(3)28-25-29(22)23(30)20(34-25)13-17-18(26)7-6-8-19(17)27/h6-13,22H,4-5H2,1-3H3. The molecule has 0 radical (unpaired) electrons. The predicted octanol–water partition coefficient (Wildman–Crippen LogP) is 3.99. The van der Waals surface area contributed by atoms with Gasteiger partial charge in [0.05, 0.1) is 40.1 Å². The van der Waals surface area contributed by atoms with Gasteiger partial charge in [-0.15, -0.1) is 0 Å². The van der Waals surface area contributed by atoms with Crippen molar-refractivity contribution in [2.24, 2.45) is 4.99 Å². The Labute approximate surface area is 204 Å². The quantitative estimate of drug-likeness (QED) is 0.480. The fourth-order valence-corrected chi connectivity index (χ4v) is 5.05. The number of carbonyl (C=O) groups excluding carboxylic acids is 1. The molecule has 9 heteroatoms. The minimum Gasteiger partial charge on any atom is -0.494 e. The number of rotatable bonds is 6. The molecule has 0 saturated carbocycles. The van der Waals surface area contributed by atoms with Crippen LogP contribution in [0, 0.1) is 5.82 Å². The number of thiazole rings is 1. The fourth-order valence-electron chi connectivity index (χ4n) is 3.80. The van der Waals surface area contributed by atoms with Crippen LogP contribution >= 0.6 is 22.9 Å². The normalized spacial score (nSPS) is 15.7. The van der Waals surface area contributed by atoms with E-state index in [9.17, 15) is 14.0 Å². The molecule has 0 amide bonds. The Morgan fingerprint density at radius 1 is 1.21 bits per heavy atom. The van der Waals surface area contributed by atoms with E-state index >= 15 is 0 Å². The Morgan fingerprint density at radius 3 is 2.59 bits per heavy atom. The number of allylic oxidation sites excluding steroid dienone is 1. The zero-order valence-corrected chi connectivity index (χ0v) is 20.4. The van der Waals surface area contributed by atoms with Gasteiger partial charge in [0.25, 0.3) is 5.56 Å². The SMILES string of the molecule is CCOC(=O)C1=C(C)N=c2sc(=Cc3c(F)cccc3Cl)c(=O)n2C1c1ccc(OCC)cc1. The van der Waals surface area contributed by atoms with E-state index in [-0.39, 0.29) is 27.3 Å². The average molecular weight is 501 g/mol. The maximum atomic E-state index is 14.4. The Morgan fingerprint density at radius 2 is 1.94 bits per heavy atom. The van der Waals surface area contributed by atoms with Crippen molar-refractivity contribution in [3.05, 3.63) is 95.4 Å². The summed E-state index contributed by atoms with van der Waals surface area (Å²) < 4.78 is 26.9. The molecule has 1 aromatic heterocycles. The summed E-state index contributed by atoms with van der Waals surface area (Å²) in [6, 6.07) is 10.7. The number of carbonyl (C=O) groups is 1. The molecule has 2 aromatic carbocycles. The lowest BCUT2D eigenvalue weighted by Gasteiger charge is -2.24. The van der Waals surface area contributed by atoms with Crippen molar-refractivity contribution in [3.8, 4) is 5.75 Å². The molecule has 1 atom stereocenters. The van der Waals surface area contributed by atoms with Crippen LogP contribution < -0.4 is 19.6 Å². The van der Waals surface area contributed by atoms with Crippen molar-refractivity contribution in [2.45, 2.75) is 26.8 Å². The monoisotopic (exact) mass is 500 g/mol. The first-order valence-electron chi connectivity index (χ1n) is 10.7. The number of esters is 1. The molecule has 1 unspecified atom stereocenters. The van der Waals surface area contributed by atoms with E-state index in [0.717, 1.165) is 11.3 Å². The molecule has 1 aliphatic rings. The van der Waals surface area contributed by atoms with E-state index in [1.807, 2.05) is 6.92 Å². The number of fused-ring (bicyclic) bond motifs is 1. The van der Waals surface area contributed by atoms with E-state index in [1.54, 1.807) is 44.2 Å². The van der Waals surface area contributed by atoms with Crippen molar-refractivity contribution in [1.29, 1.82) is 0 Å². The van der Waals surface area contributed by atoms with E-state index < -0.39 is 23.4 Å². The largest absolute Gasteiger partial charge is 0.494 e. The van der Waals surface area contributed by atoms with Crippen LogP contribution in [-0.4, -0.2) is 23.8 Å². The van der Waals surface area contributed by atoms with Crippen molar-refractivity contribution in [2.75, 3.05) is 13.2 Å². The Kier molecular flexibility index (Phi) is 7.00. The van der Waals surface area contributed by atoms with E-state index in [1.165, 1.54) is 22.8 Å². The van der Waals surface area contributed by atoms with Gasteiger partial charge in [0.1, 0.15) is 11.6 Å². The minimum atomic E-state index is -0.760. The van der Waals surface area contributed by atoms with Gasteiger partial charge in [-0.3, -0.25) is 9.36 Å². The van der Waals surface area contributed by atoms with Gasteiger partial charge in [0.2, 0.25) is 0 Å². The van der Waals surface area contributed by atoms with Crippen LogP contribution in [0.2, 0.25) is 5.02 Å². The van der Waals surface area contributed by atoms with E-state index in [2.05, 4.69) is 4.99 Å². The van der Waals surface area contributed by atoms with Gasteiger partial charge < -0.3 is 9.47 Å². The predicted molar refractivity (Wildman–Crippen MR) is 129 cm³/mol. The van der Waals surface area contributed by atoms with Gasteiger partial charge in [-0.05, 0) is 56.7 Å². The summed E-state index contributed by atoms with van der Waals surface area (Å²) in [6.45, 7) is 6.01. The first-order chi connectivity index (χ1) is 16.3. The highest BCUT2D eigenvalue weighted by Gasteiger charge is 2.33. The number of hydrogen-bond acceptors (Lipinski definition) is 6. The van der Waals surface area contributed by atoms with Gasteiger partial charge in [0, 0.05) is 5.56 Å². The van der Waals surface area contributed by atoms with Crippen LogP contribution in [0.1, 0.15) is 37.9 Å². The number of aromatic nitrogens is 1. The van der Waals surface area contributed by atoms with Crippen LogP contribution in [0.5, 0.6) is 5.75 Å². The molecule has 0 bridgehead atoms. The Bertz CT molecular complexity index is 1440. The highest BCUT2D eigenvalue weighted by molar-refractivity contribution is 7.07. The third-order valence-electron chi connectivity index (χ3n) is 5.30. The number of nitrogens with zero attached hydrogens (tertiary/aromatic N) is 2. The average Bonchev–Trinajstić information content (AvgIpc) is 3.11. The molecule has 0 N–H and O–H groups in total. The summed E-state index contributed by atoms with van der Waals surface area (Å²) in [4.78, 5) is 31.4. The number of halogens is 2. The molecule has 0 aliphatic carbocycles. The zero-order chi connectivity index (χ0) is 24.4. The molecule has 3 aromatic rings. The summed E-state index contributed by atoms with van der Waals surface area (Å²) in [5.74, 6) is -0.412. The van der Waals surface area contributed by atoms with Crippen LogP contribution in [0.4, 0.5) is 4.39 Å². The molecule has 6 nitrogen and oxygen atoms in total. The lowest BCUT2D eigenvalue weighted by Crippen LogP contribution is -2.39. The minimum absolute atomic E-state index is 0.119. The van der Waals surface area contributed by atoms with Crippen LogP contribution in [-0.2, 0) is 9.53 Å². The van der Waals surface area contributed by atoms with Crippen molar-refractivity contribution < 1.29 is 18.7 Å². The number of benzene rings is 2. The van der Waals surface area contributed by atoms with Crippen molar-refractivity contribution >= 4 is 35.0 Å². The maximum Gasteiger partial charge on any atom is 0.338 e. The molecular weight excluding hydrogens is 479 g/mol. The smallest absolute Gasteiger partial charge is 0.338 e. The van der Waals surface area contributed by atoms with Crippen LogP contribution in [0.3, 0.4) is 0 Å². The van der Waals surface area contributed by atoms with Gasteiger partial charge in [-0.2, -0.15) is 0 Å². The summed E-state index contributed by atoms with van der Waals surface area (Å²) in [5.41, 5.74) is 1.13. The molecule has 2 heterocycles. The molecule has 0 saturated heterocycles. The molecule has 4 rings (SSSR count). The second kappa shape index (κ2) is 9.95. The summed E-state index contributed by atoms with van der Waals surface area (Å²) in [5, 5.41) is 0.192. The first-order valence-corrected chi connectivity index (χ1v) is 11.9. The van der Waals surface area contributed by atoms with Gasteiger partial charge in [-0.1, -0.05) is 41.1 Å². The van der Waals surface area contributed by atoms with Gasteiger partial charge in [0.15, 0.2) is 4.80 Å². The third-order valence-corrected chi connectivity index (χ3v) is 6.61. The zero-order valence-electron chi connectivity index (χ0n) is 18.8. The maximum absolute atomic E-state index is 14.4. The lowest BCUT2D eigenvalue weighted by molar-refractivity contribution is -0.139. The summed E-state index contributed by atoms with van der Waals surface area (Å²) in [7, 11) is 0. The molecule has 1 aliphatic heterocycles. The second-order valence-corrected chi connectivity index (χ2v) is 8.86. The van der Waals surface area contributed by atoms with Crippen LogP contribution in [0.15, 0.2) is 63.5 Å². The highest BCUT2D eigenvalue weighted by Crippen LogP contribution is 2.31. The summed E-state index contributed by atoms with van der Waals surface area (Å²) in [6.07, 6.45) is 1.42. The summed E-state index contributed by atoms with van der Waals surface area (Å²) >= 11 is 7.27. The lowest BCUT2D eigenvalue weighted by atomic mass is 9.96. The molecular formula is C25H22ClFN2O4S. The third kappa shape index (κ3) is 4.43. The first kappa shape index (κ1) is 23.9. The Hall–Kier alpha value is -3.23. The Balaban J connectivity index is 1.95. The highest BCUT2D eigenvalue weighted by atomic mass is 35.5. The van der Waals surface area contributed by atoms with Gasteiger partial charge >= 0.3 is 5.97 Å². The fraction of sp³-hybridized carbons (Fsp3) is 0.240. The number of ether oxygens (including phenoxy) is 2. The molecule has 176 valence electrons. The van der Waals surface area contributed by atoms with Crippen molar-refractivity contribution in [3.63, 3.8) is 0 Å².